The molecule has 0 bridgehead atoms. The van der Waals surface area contributed by atoms with E-state index >= 15 is 0 Å². The van der Waals surface area contributed by atoms with Crippen molar-refractivity contribution in [2.24, 2.45) is 0 Å². The minimum Gasteiger partial charge on any atom is -0.340 e. The van der Waals surface area contributed by atoms with Crippen LogP contribution in [0.15, 0.2) is 29.2 Å². The van der Waals surface area contributed by atoms with Crippen LogP contribution in [0.4, 0.5) is 0 Å². The van der Waals surface area contributed by atoms with Gasteiger partial charge in [0.05, 0.1) is 0 Å². The van der Waals surface area contributed by atoms with E-state index in [1.54, 1.807) is 23.5 Å². The molecule has 1 N–H and O–H groups in total. The second kappa shape index (κ2) is 3.81. The van der Waals surface area contributed by atoms with E-state index in [1.165, 1.54) is 19.3 Å². The third-order valence-electron chi connectivity index (χ3n) is 2.06. The summed E-state index contributed by atoms with van der Waals surface area (Å²) in [7, 11) is 0. The van der Waals surface area contributed by atoms with Crippen molar-refractivity contribution in [2.75, 3.05) is 5.75 Å². The van der Waals surface area contributed by atoms with Crippen LogP contribution in [0, 0.1) is 0 Å². The zero-order chi connectivity index (χ0) is 8.23. The molecule has 0 aliphatic heterocycles. The Hall–Kier alpha value is -0.700. The molecule has 1 saturated carbocycles. The minimum atomic E-state index is 1.02. The van der Waals surface area contributed by atoms with Crippen molar-refractivity contribution in [3.63, 3.8) is 0 Å². The highest BCUT2D eigenvalue weighted by atomic mass is 32.2. The molecule has 1 heterocycles. The van der Waals surface area contributed by atoms with Gasteiger partial charge < -0.3 is 4.98 Å². The fraction of sp³-hybridized carbons (Fsp3) is 0.444. The SMILES string of the molecule is C(CSc1ncc[nH]1)=C1CCC1. The molecule has 3 heteroatoms. The number of nitrogens with zero attached hydrogens (tertiary/aromatic N) is 1. The molecular weight excluding hydrogens is 168 g/mol. The molecule has 0 aromatic carbocycles. The third kappa shape index (κ3) is 1.91. The van der Waals surface area contributed by atoms with Gasteiger partial charge in [0.25, 0.3) is 0 Å². The van der Waals surface area contributed by atoms with Gasteiger partial charge in [-0.3, -0.25) is 0 Å². The monoisotopic (exact) mass is 180 g/mol. The minimum absolute atomic E-state index is 1.02. The Morgan fingerprint density at radius 3 is 3.08 bits per heavy atom. The molecule has 1 aliphatic rings. The third-order valence-corrected chi connectivity index (χ3v) is 2.89. The maximum atomic E-state index is 4.14. The number of aromatic nitrogens is 2. The molecule has 1 aromatic heterocycles. The molecule has 1 aliphatic carbocycles. The Morgan fingerprint density at radius 1 is 1.58 bits per heavy atom. The van der Waals surface area contributed by atoms with E-state index in [2.05, 4.69) is 16.0 Å². The van der Waals surface area contributed by atoms with Crippen molar-refractivity contribution in [1.82, 2.24) is 9.97 Å². The van der Waals surface area contributed by atoms with E-state index in [-0.39, 0.29) is 0 Å². The smallest absolute Gasteiger partial charge is 0.165 e. The van der Waals surface area contributed by atoms with Gasteiger partial charge >= 0.3 is 0 Å². The molecule has 2 rings (SSSR count). The standard InChI is InChI=1S/C9H12N2S/c1-2-8(3-1)4-7-12-9-10-5-6-11-9/h4-6H,1-3,7H2,(H,10,11). The van der Waals surface area contributed by atoms with Gasteiger partial charge in [0.15, 0.2) is 5.16 Å². The number of hydrogen-bond acceptors (Lipinski definition) is 2. The summed E-state index contributed by atoms with van der Waals surface area (Å²) in [6.45, 7) is 0. The van der Waals surface area contributed by atoms with E-state index < -0.39 is 0 Å². The number of aromatic amines is 1. The summed E-state index contributed by atoms with van der Waals surface area (Å²) in [4.78, 5) is 7.20. The number of rotatable bonds is 3. The predicted octanol–water partition coefficient (Wildman–Crippen LogP) is 2.61. The topological polar surface area (TPSA) is 28.7 Å². The van der Waals surface area contributed by atoms with Crippen LogP contribution in [-0.2, 0) is 0 Å². The van der Waals surface area contributed by atoms with E-state index in [0.717, 1.165) is 10.9 Å². The first-order valence-corrected chi connectivity index (χ1v) is 5.24. The average molecular weight is 180 g/mol. The van der Waals surface area contributed by atoms with Crippen molar-refractivity contribution >= 4 is 11.8 Å². The highest BCUT2D eigenvalue weighted by molar-refractivity contribution is 7.99. The second-order valence-corrected chi connectivity index (χ2v) is 3.93. The van der Waals surface area contributed by atoms with Crippen LogP contribution >= 0.6 is 11.8 Å². The second-order valence-electron chi connectivity index (χ2n) is 2.92. The molecule has 64 valence electrons. The Bertz CT molecular complexity index is 258. The number of nitrogens with one attached hydrogen (secondary N) is 1. The largest absolute Gasteiger partial charge is 0.340 e. The summed E-state index contributed by atoms with van der Waals surface area (Å²) in [5, 5.41) is 1.02. The molecule has 0 amide bonds. The summed E-state index contributed by atoms with van der Waals surface area (Å²) in [6, 6.07) is 0. The van der Waals surface area contributed by atoms with Crippen LogP contribution in [-0.4, -0.2) is 15.7 Å². The van der Waals surface area contributed by atoms with Gasteiger partial charge in [0.2, 0.25) is 0 Å². The molecule has 12 heavy (non-hydrogen) atoms. The van der Waals surface area contributed by atoms with Gasteiger partial charge in [-0.15, -0.1) is 0 Å². The zero-order valence-corrected chi connectivity index (χ0v) is 7.73. The molecule has 1 fully saturated rings. The van der Waals surface area contributed by atoms with Crippen LogP contribution in [0.25, 0.3) is 0 Å². The Kier molecular flexibility index (Phi) is 2.51. The summed E-state index contributed by atoms with van der Waals surface area (Å²) in [6.07, 6.45) is 10.0. The first kappa shape index (κ1) is 7.92. The number of imidazole rings is 1. The van der Waals surface area contributed by atoms with Gasteiger partial charge in [0, 0.05) is 18.1 Å². The summed E-state index contributed by atoms with van der Waals surface area (Å²) >= 11 is 1.76. The Labute approximate surface area is 76.5 Å². The summed E-state index contributed by atoms with van der Waals surface area (Å²) in [5.74, 6) is 1.06. The van der Waals surface area contributed by atoms with Crippen LogP contribution in [0.2, 0.25) is 0 Å². The number of H-pyrrole nitrogens is 1. The highest BCUT2D eigenvalue weighted by Crippen LogP contribution is 2.26. The molecule has 0 spiro atoms. The molecule has 1 aromatic rings. The number of thioether (sulfide) groups is 1. The van der Waals surface area contributed by atoms with E-state index in [1.807, 2.05) is 6.20 Å². The van der Waals surface area contributed by atoms with E-state index in [4.69, 9.17) is 0 Å². The molecular formula is C9H12N2S. The molecule has 0 unspecified atom stereocenters. The maximum Gasteiger partial charge on any atom is 0.165 e. The van der Waals surface area contributed by atoms with Crippen molar-refractivity contribution in [3.8, 4) is 0 Å². The lowest BCUT2D eigenvalue weighted by Gasteiger charge is -2.15. The lowest BCUT2D eigenvalue weighted by molar-refractivity contribution is 0.661. The van der Waals surface area contributed by atoms with Crippen LogP contribution < -0.4 is 0 Å². The molecule has 2 nitrogen and oxygen atoms in total. The fourth-order valence-electron chi connectivity index (χ4n) is 1.15. The highest BCUT2D eigenvalue weighted by Gasteiger charge is 2.06. The van der Waals surface area contributed by atoms with Gasteiger partial charge in [0.1, 0.15) is 0 Å². The van der Waals surface area contributed by atoms with Crippen molar-refractivity contribution < 1.29 is 0 Å². The number of hydrogen-bond donors (Lipinski definition) is 1. The first-order chi connectivity index (χ1) is 5.95. The van der Waals surface area contributed by atoms with Crippen molar-refractivity contribution in [2.45, 2.75) is 24.4 Å². The van der Waals surface area contributed by atoms with Gasteiger partial charge in [-0.1, -0.05) is 23.4 Å². The van der Waals surface area contributed by atoms with Crippen molar-refractivity contribution in [1.29, 1.82) is 0 Å². The van der Waals surface area contributed by atoms with Crippen LogP contribution in [0.3, 0.4) is 0 Å². The Balaban J connectivity index is 1.75. The van der Waals surface area contributed by atoms with Crippen LogP contribution in [0.5, 0.6) is 0 Å². The van der Waals surface area contributed by atoms with Gasteiger partial charge in [-0.25, -0.2) is 4.98 Å². The molecule has 0 radical (unpaired) electrons. The molecule has 0 atom stereocenters. The summed E-state index contributed by atoms with van der Waals surface area (Å²) < 4.78 is 0. The Morgan fingerprint density at radius 2 is 2.50 bits per heavy atom. The van der Waals surface area contributed by atoms with Gasteiger partial charge in [-0.2, -0.15) is 0 Å². The lowest BCUT2D eigenvalue weighted by Crippen LogP contribution is -1.96. The molecule has 0 saturated heterocycles. The quantitative estimate of drug-likeness (QED) is 0.572. The normalized spacial score (nSPS) is 15.8. The predicted molar refractivity (Wildman–Crippen MR) is 51.2 cm³/mol. The van der Waals surface area contributed by atoms with E-state index in [0.29, 0.717) is 0 Å². The first-order valence-electron chi connectivity index (χ1n) is 4.25. The summed E-state index contributed by atoms with van der Waals surface area (Å²) in [5.41, 5.74) is 1.62. The van der Waals surface area contributed by atoms with Crippen molar-refractivity contribution in [3.05, 3.63) is 24.0 Å². The fourth-order valence-corrected chi connectivity index (χ4v) is 1.92. The number of allylic oxidation sites excluding steroid dienone is 1. The maximum absolute atomic E-state index is 4.14. The zero-order valence-electron chi connectivity index (χ0n) is 6.92. The van der Waals surface area contributed by atoms with Crippen LogP contribution in [0.1, 0.15) is 19.3 Å². The average Bonchev–Trinajstić information content (AvgIpc) is 2.46. The van der Waals surface area contributed by atoms with E-state index in [9.17, 15) is 0 Å². The van der Waals surface area contributed by atoms with Gasteiger partial charge in [-0.05, 0) is 19.3 Å². The lowest BCUT2D eigenvalue weighted by atomic mass is 9.93.